The SMILES string of the molecule is CC(C)(C)Oc1ccccc1C(=O)O.[H-].[Li+]. The Hall–Kier alpha value is -0.913. The number of carboxylic acids is 1. The standard InChI is InChI=1S/C11H14O3.Li.H/c1-11(2,3)14-9-7-5-4-6-8(9)10(12)13;;/h4-7H,1-3H3,(H,12,13);;/q;+1;-1. The molecular formula is C11H15LiO3. The van der Waals surface area contributed by atoms with Gasteiger partial charge in [0.15, 0.2) is 0 Å². The maximum Gasteiger partial charge on any atom is 1.00 e. The molecule has 0 spiro atoms. The molecule has 0 fully saturated rings. The molecule has 1 N–H and O–H groups in total. The van der Waals surface area contributed by atoms with Crippen LogP contribution in [-0.4, -0.2) is 16.7 Å². The Balaban J connectivity index is 0. The molecule has 0 amide bonds. The van der Waals surface area contributed by atoms with Crippen LogP contribution < -0.4 is 23.6 Å². The van der Waals surface area contributed by atoms with Gasteiger partial charge < -0.3 is 11.3 Å². The van der Waals surface area contributed by atoms with Crippen molar-refractivity contribution in [2.75, 3.05) is 0 Å². The maximum absolute atomic E-state index is 10.8. The zero-order chi connectivity index (χ0) is 10.8. The van der Waals surface area contributed by atoms with Gasteiger partial charge in [-0.3, -0.25) is 0 Å². The smallest absolute Gasteiger partial charge is 1.00 e. The first-order valence-electron chi connectivity index (χ1n) is 4.41. The average molecular weight is 202 g/mol. The van der Waals surface area contributed by atoms with Crippen LogP contribution >= 0.6 is 0 Å². The molecular weight excluding hydrogens is 187 g/mol. The van der Waals surface area contributed by atoms with Gasteiger partial charge in [-0.25, -0.2) is 4.79 Å². The van der Waals surface area contributed by atoms with Crippen LogP contribution in [-0.2, 0) is 0 Å². The minimum Gasteiger partial charge on any atom is -1.00 e. The molecule has 1 aromatic carbocycles. The first-order valence-corrected chi connectivity index (χ1v) is 4.41. The second kappa shape index (κ2) is 5.25. The van der Waals surface area contributed by atoms with E-state index in [-0.39, 0.29) is 31.5 Å². The van der Waals surface area contributed by atoms with Gasteiger partial charge in [0.1, 0.15) is 16.9 Å². The van der Waals surface area contributed by atoms with Crippen molar-refractivity contribution < 1.29 is 34.9 Å². The van der Waals surface area contributed by atoms with Gasteiger partial charge in [-0.1, -0.05) is 12.1 Å². The summed E-state index contributed by atoms with van der Waals surface area (Å²) in [6.45, 7) is 5.64. The van der Waals surface area contributed by atoms with Crippen LogP contribution in [0.5, 0.6) is 5.75 Å². The van der Waals surface area contributed by atoms with Gasteiger partial charge in [0.25, 0.3) is 0 Å². The largest absolute Gasteiger partial charge is 1.00 e. The van der Waals surface area contributed by atoms with Gasteiger partial charge >= 0.3 is 24.8 Å². The van der Waals surface area contributed by atoms with E-state index < -0.39 is 5.97 Å². The topological polar surface area (TPSA) is 46.5 Å². The first kappa shape index (κ1) is 14.1. The minimum atomic E-state index is -0.968. The van der Waals surface area contributed by atoms with E-state index in [1.54, 1.807) is 18.2 Å². The summed E-state index contributed by atoms with van der Waals surface area (Å²) >= 11 is 0. The van der Waals surface area contributed by atoms with Crippen LogP contribution in [0.1, 0.15) is 32.6 Å². The Morgan fingerprint density at radius 1 is 1.33 bits per heavy atom. The van der Waals surface area contributed by atoms with Gasteiger partial charge in [0, 0.05) is 0 Å². The summed E-state index contributed by atoms with van der Waals surface area (Å²) in [6.07, 6.45) is 0. The number of carbonyl (C=O) groups is 1. The maximum atomic E-state index is 10.8. The molecule has 1 rings (SSSR count). The molecule has 3 nitrogen and oxygen atoms in total. The van der Waals surface area contributed by atoms with Crippen LogP contribution in [0.3, 0.4) is 0 Å². The fraction of sp³-hybridized carbons (Fsp3) is 0.364. The molecule has 78 valence electrons. The van der Waals surface area contributed by atoms with Gasteiger partial charge in [-0.2, -0.15) is 0 Å². The van der Waals surface area contributed by atoms with Gasteiger partial charge in [-0.05, 0) is 32.9 Å². The Morgan fingerprint density at radius 2 is 1.87 bits per heavy atom. The molecule has 0 saturated heterocycles. The van der Waals surface area contributed by atoms with Gasteiger partial charge in [-0.15, -0.1) is 0 Å². The number of para-hydroxylation sites is 1. The minimum absolute atomic E-state index is 0. The van der Waals surface area contributed by atoms with E-state index in [9.17, 15) is 4.79 Å². The Kier molecular flexibility index (Phi) is 4.93. The van der Waals surface area contributed by atoms with Crippen molar-refractivity contribution >= 4 is 5.97 Å². The molecule has 0 bridgehead atoms. The van der Waals surface area contributed by atoms with E-state index in [2.05, 4.69) is 0 Å². The van der Waals surface area contributed by atoms with E-state index in [1.165, 1.54) is 6.07 Å². The second-order valence-corrected chi connectivity index (χ2v) is 4.02. The van der Waals surface area contributed by atoms with Crippen molar-refractivity contribution in [2.24, 2.45) is 0 Å². The summed E-state index contributed by atoms with van der Waals surface area (Å²) in [7, 11) is 0. The zero-order valence-electron chi connectivity index (χ0n) is 10.6. The number of hydrogen-bond acceptors (Lipinski definition) is 2. The van der Waals surface area contributed by atoms with Crippen molar-refractivity contribution in [3.8, 4) is 5.75 Å². The molecule has 15 heavy (non-hydrogen) atoms. The predicted molar refractivity (Wildman–Crippen MR) is 54.9 cm³/mol. The summed E-state index contributed by atoms with van der Waals surface area (Å²) in [6, 6.07) is 6.63. The predicted octanol–water partition coefficient (Wildman–Crippen LogP) is -0.321. The Bertz CT molecular complexity index is 347. The Morgan fingerprint density at radius 3 is 2.33 bits per heavy atom. The van der Waals surface area contributed by atoms with E-state index in [0.29, 0.717) is 5.75 Å². The van der Waals surface area contributed by atoms with E-state index in [4.69, 9.17) is 9.84 Å². The molecule has 0 radical (unpaired) electrons. The molecule has 0 saturated carbocycles. The average Bonchev–Trinajstić information content (AvgIpc) is 2.01. The van der Waals surface area contributed by atoms with Crippen molar-refractivity contribution in [3.05, 3.63) is 29.8 Å². The monoisotopic (exact) mass is 202 g/mol. The summed E-state index contributed by atoms with van der Waals surface area (Å²) in [5.41, 5.74) is -0.187. The number of hydrogen-bond donors (Lipinski definition) is 1. The number of ether oxygens (including phenoxy) is 1. The third-order valence-corrected chi connectivity index (χ3v) is 1.53. The van der Waals surface area contributed by atoms with Crippen molar-refractivity contribution in [3.63, 3.8) is 0 Å². The molecule has 4 heteroatoms. The van der Waals surface area contributed by atoms with Crippen LogP contribution in [0.15, 0.2) is 24.3 Å². The van der Waals surface area contributed by atoms with Crippen molar-refractivity contribution in [2.45, 2.75) is 26.4 Å². The Labute approximate surface area is 103 Å². The third kappa shape index (κ3) is 4.42. The molecule has 0 aliphatic rings. The number of benzene rings is 1. The normalized spacial score (nSPS) is 10.3. The van der Waals surface area contributed by atoms with Crippen molar-refractivity contribution in [1.82, 2.24) is 0 Å². The molecule has 1 aromatic rings. The van der Waals surface area contributed by atoms with E-state index in [0.717, 1.165) is 0 Å². The molecule has 0 aliphatic carbocycles. The fourth-order valence-electron chi connectivity index (χ4n) is 1.06. The molecule has 0 unspecified atom stereocenters. The van der Waals surface area contributed by atoms with Crippen LogP contribution in [0.4, 0.5) is 0 Å². The van der Waals surface area contributed by atoms with Gasteiger partial charge in [0.05, 0.1) is 0 Å². The number of rotatable bonds is 2. The summed E-state index contributed by atoms with van der Waals surface area (Å²) < 4.78 is 5.51. The van der Waals surface area contributed by atoms with Crippen LogP contribution in [0.2, 0.25) is 0 Å². The molecule has 0 aliphatic heterocycles. The van der Waals surface area contributed by atoms with Crippen LogP contribution in [0, 0.1) is 0 Å². The van der Waals surface area contributed by atoms with E-state index in [1.807, 2.05) is 20.8 Å². The molecule has 0 aromatic heterocycles. The summed E-state index contributed by atoms with van der Waals surface area (Å²) in [5, 5.41) is 8.88. The first-order chi connectivity index (χ1) is 6.40. The molecule has 0 atom stereocenters. The fourth-order valence-corrected chi connectivity index (χ4v) is 1.06. The quantitative estimate of drug-likeness (QED) is 0.668. The second-order valence-electron chi connectivity index (χ2n) is 4.02. The van der Waals surface area contributed by atoms with Crippen LogP contribution in [0.25, 0.3) is 0 Å². The third-order valence-electron chi connectivity index (χ3n) is 1.53. The molecule has 0 heterocycles. The summed E-state index contributed by atoms with van der Waals surface area (Å²) in [4.78, 5) is 10.8. The number of aromatic carboxylic acids is 1. The van der Waals surface area contributed by atoms with Gasteiger partial charge in [0.2, 0.25) is 0 Å². The number of carboxylic acid groups (broad SMARTS) is 1. The van der Waals surface area contributed by atoms with Crippen molar-refractivity contribution in [1.29, 1.82) is 0 Å². The summed E-state index contributed by atoms with van der Waals surface area (Å²) in [5.74, 6) is -0.558. The zero-order valence-corrected chi connectivity index (χ0v) is 9.57. The van der Waals surface area contributed by atoms with E-state index >= 15 is 0 Å².